The molecule has 2 rings (SSSR count). The van der Waals surface area contributed by atoms with Gasteiger partial charge in [0.25, 0.3) is 11.2 Å². The SMILES string of the molecule is O=c1c2cc([N+](=O)[O-])ccc2ncn1CCCCCBr. The van der Waals surface area contributed by atoms with Gasteiger partial charge >= 0.3 is 0 Å². The second-order valence-corrected chi connectivity index (χ2v) is 5.24. The number of alkyl halides is 1. The molecule has 0 N–H and O–H groups in total. The lowest BCUT2D eigenvalue weighted by Gasteiger charge is -2.06. The van der Waals surface area contributed by atoms with Gasteiger partial charge in [-0.25, -0.2) is 4.98 Å². The zero-order chi connectivity index (χ0) is 14.5. The average Bonchev–Trinajstić information content (AvgIpc) is 2.45. The molecule has 1 aromatic heterocycles. The van der Waals surface area contributed by atoms with Crippen LogP contribution in [-0.4, -0.2) is 19.8 Å². The van der Waals surface area contributed by atoms with Gasteiger partial charge in [0.05, 0.1) is 22.2 Å². The molecular formula is C13H14BrN3O3. The van der Waals surface area contributed by atoms with Gasteiger partial charge in [-0.2, -0.15) is 0 Å². The van der Waals surface area contributed by atoms with Gasteiger partial charge in [0, 0.05) is 24.0 Å². The second kappa shape index (κ2) is 6.60. The molecule has 0 unspecified atom stereocenters. The van der Waals surface area contributed by atoms with Gasteiger partial charge in [-0.1, -0.05) is 22.4 Å². The highest BCUT2D eigenvalue weighted by Gasteiger charge is 2.10. The van der Waals surface area contributed by atoms with Crippen molar-refractivity contribution >= 4 is 32.5 Å². The standard InChI is InChI=1S/C13H14BrN3O3/c14-6-2-1-3-7-16-9-15-12-5-4-10(17(19)20)8-11(12)13(16)18/h4-5,8-9H,1-3,6-7H2. The van der Waals surface area contributed by atoms with Gasteiger partial charge in [-0.3, -0.25) is 19.5 Å². The van der Waals surface area contributed by atoms with Gasteiger partial charge in [0.2, 0.25) is 0 Å². The van der Waals surface area contributed by atoms with E-state index in [1.54, 1.807) is 0 Å². The summed E-state index contributed by atoms with van der Waals surface area (Å²) in [7, 11) is 0. The predicted molar refractivity (Wildman–Crippen MR) is 80.3 cm³/mol. The molecule has 0 spiro atoms. The molecule has 7 heteroatoms. The molecule has 0 fully saturated rings. The number of hydrogen-bond donors (Lipinski definition) is 0. The van der Waals surface area contributed by atoms with Gasteiger partial charge < -0.3 is 0 Å². The van der Waals surface area contributed by atoms with Crippen molar-refractivity contribution in [1.82, 2.24) is 9.55 Å². The van der Waals surface area contributed by atoms with Crippen molar-refractivity contribution in [2.24, 2.45) is 0 Å². The molecule has 2 aromatic rings. The predicted octanol–water partition coefficient (Wildman–Crippen LogP) is 2.87. The van der Waals surface area contributed by atoms with E-state index in [1.165, 1.54) is 29.1 Å². The van der Waals surface area contributed by atoms with Crippen LogP contribution in [0.1, 0.15) is 19.3 Å². The number of halogens is 1. The van der Waals surface area contributed by atoms with E-state index in [1.807, 2.05) is 0 Å². The molecule has 1 aromatic carbocycles. The van der Waals surface area contributed by atoms with E-state index in [0.29, 0.717) is 17.4 Å². The van der Waals surface area contributed by atoms with E-state index in [-0.39, 0.29) is 11.2 Å². The Bertz CT molecular complexity index is 684. The molecule has 6 nitrogen and oxygen atoms in total. The van der Waals surface area contributed by atoms with Crippen LogP contribution in [0.15, 0.2) is 29.3 Å². The zero-order valence-corrected chi connectivity index (χ0v) is 12.4. The lowest BCUT2D eigenvalue weighted by atomic mass is 10.2. The van der Waals surface area contributed by atoms with Crippen molar-refractivity contribution in [3.05, 3.63) is 45.0 Å². The smallest absolute Gasteiger partial charge is 0.270 e. The number of aromatic nitrogens is 2. The van der Waals surface area contributed by atoms with Crippen LogP contribution in [0.5, 0.6) is 0 Å². The summed E-state index contributed by atoms with van der Waals surface area (Å²) in [6.07, 6.45) is 4.46. The Hall–Kier alpha value is -1.76. The number of non-ortho nitro benzene ring substituents is 1. The molecule has 1 heterocycles. The van der Waals surface area contributed by atoms with E-state index in [0.717, 1.165) is 24.6 Å². The Morgan fingerprint density at radius 1 is 1.30 bits per heavy atom. The first-order chi connectivity index (χ1) is 9.63. The number of fused-ring (bicyclic) bond motifs is 1. The van der Waals surface area contributed by atoms with Crippen molar-refractivity contribution in [3.63, 3.8) is 0 Å². The van der Waals surface area contributed by atoms with Crippen LogP contribution in [0.3, 0.4) is 0 Å². The fraction of sp³-hybridized carbons (Fsp3) is 0.385. The third-order valence-corrected chi connectivity index (χ3v) is 3.61. The Morgan fingerprint density at radius 2 is 2.10 bits per heavy atom. The van der Waals surface area contributed by atoms with E-state index >= 15 is 0 Å². The largest absolute Gasteiger partial charge is 0.299 e. The Morgan fingerprint density at radius 3 is 2.80 bits per heavy atom. The second-order valence-electron chi connectivity index (χ2n) is 4.45. The van der Waals surface area contributed by atoms with Crippen LogP contribution in [0.25, 0.3) is 10.9 Å². The molecule has 0 bridgehead atoms. The van der Waals surface area contributed by atoms with E-state index < -0.39 is 4.92 Å². The maximum absolute atomic E-state index is 12.3. The molecule has 0 aliphatic heterocycles. The minimum atomic E-state index is -0.508. The normalized spacial score (nSPS) is 10.8. The molecule has 0 aliphatic rings. The summed E-state index contributed by atoms with van der Waals surface area (Å²) in [5.74, 6) is 0. The highest BCUT2D eigenvalue weighted by molar-refractivity contribution is 9.09. The van der Waals surface area contributed by atoms with Crippen molar-refractivity contribution in [2.75, 3.05) is 5.33 Å². The summed E-state index contributed by atoms with van der Waals surface area (Å²) in [6.45, 7) is 0.581. The van der Waals surface area contributed by atoms with E-state index in [4.69, 9.17) is 0 Å². The summed E-state index contributed by atoms with van der Waals surface area (Å²) in [5, 5.41) is 12.0. The third-order valence-electron chi connectivity index (χ3n) is 3.05. The highest BCUT2D eigenvalue weighted by atomic mass is 79.9. The molecule has 0 saturated carbocycles. The molecule has 0 saturated heterocycles. The van der Waals surface area contributed by atoms with Crippen molar-refractivity contribution in [1.29, 1.82) is 0 Å². The number of rotatable bonds is 6. The van der Waals surface area contributed by atoms with Crippen molar-refractivity contribution in [2.45, 2.75) is 25.8 Å². The first kappa shape index (κ1) is 14.6. The topological polar surface area (TPSA) is 78.0 Å². The Balaban J connectivity index is 2.31. The number of nitro benzene ring substituents is 1. The van der Waals surface area contributed by atoms with E-state index in [2.05, 4.69) is 20.9 Å². The van der Waals surface area contributed by atoms with Crippen LogP contribution in [0, 0.1) is 10.1 Å². The summed E-state index contributed by atoms with van der Waals surface area (Å²) >= 11 is 3.36. The van der Waals surface area contributed by atoms with Crippen LogP contribution in [-0.2, 0) is 6.54 Å². The Labute approximate surface area is 123 Å². The fourth-order valence-electron chi connectivity index (χ4n) is 1.97. The average molecular weight is 340 g/mol. The summed E-state index contributed by atoms with van der Waals surface area (Å²) in [5.41, 5.74) is 0.170. The first-order valence-electron chi connectivity index (χ1n) is 6.33. The van der Waals surface area contributed by atoms with Gasteiger partial charge in [-0.15, -0.1) is 0 Å². The highest BCUT2D eigenvalue weighted by Crippen LogP contribution is 2.16. The molecular weight excluding hydrogens is 326 g/mol. The fourth-order valence-corrected chi connectivity index (χ4v) is 2.37. The number of nitro groups is 1. The lowest BCUT2D eigenvalue weighted by Crippen LogP contribution is -2.20. The monoisotopic (exact) mass is 339 g/mol. The lowest BCUT2D eigenvalue weighted by molar-refractivity contribution is -0.384. The zero-order valence-electron chi connectivity index (χ0n) is 10.8. The van der Waals surface area contributed by atoms with Crippen molar-refractivity contribution < 1.29 is 4.92 Å². The molecule has 106 valence electrons. The van der Waals surface area contributed by atoms with Crippen molar-refractivity contribution in [3.8, 4) is 0 Å². The molecule has 0 atom stereocenters. The van der Waals surface area contributed by atoms with Gasteiger partial charge in [-0.05, 0) is 18.9 Å². The molecule has 0 aliphatic carbocycles. The molecule has 20 heavy (non-hydrogen) atoms. The maximum Gasteiger partial charge on any atom is 0.270 e. The van der Waals surface area contributed by atoms with Crippen LogP contribution in [0.4, 0.5) is 5.69 Å². The summed E-state index contributed by atoms with van der Waals surface area (Å²) in [4.78, 5) is 26.7. The Kier molecular flexibility index (Phi) is 4.84. The summed E-state index contributed by atoms with van der Waals surface area (Å²) in [6, 6.07) is 4.15. The summed E-state index contributed by atoms with van der Waals surface area (Å²) < 4.78 is 1.51. The third kappa shape index (κ3) is 3.22. The number of unbranched alkanes of at least 4 members (excludes halogenated alkanes) is 2. The maximum atomic E-state index is 12.3. The number of aryl methyl sites for hydroxylation is 1. The first-order valence-corrected chi connectivity index (χ1v) is 7.45. The number of hydrogen-bond acceptors (Lipinski definition) is 4. The van der Waals surface area contributed by atoms with Crippen LogP contribution >= 0.6 is 15.9 Å². The minimum Gasteiger partial charge on any atom is -0.299 e. The van der Waals surface area contributed by atoms with Crippen LogP contribution in [0.2, 0.25) is 0 Å². The van der Waals surface area contributed by atoms with Gasteiger partial charge in [0.15, 0.2) is 0 Å². The molecule has 0 radical (unpaired) electrons. The van der Waals surface area contributed by atoms with Gasteiger partial charge in [0.1, 0.15) is 0 Å². The number of nitrogens with zero attached hydrogens (tertiary/aromatic N) is 3. The van der Waals surface area contributed by atoms with Crippen LogP contribution < -0.4 is 5.56 Å². The quantitative estimate of drug-likeness (QED) is 0.351. The number of benzene rings is 1. The molecule has 0 amide bonds. The van der Waals surface area contributed by atoms with E-state index in [9.17, 15) is 14.9 Å². The minimum absolute atomic E-state index is 0.0894.